The highest BCUT2D eigenvalue weighted by Gasteiger charge is 2.25. The third-order valence-electron chi connectivity index (χ3n) is 6.31. The highest BCUT2D eigenvalue weighted by atomic mass is 19.1. The molecule has 0 bridgehead atoms. The molecule has 2 saturated heterocycles. The molecule has 3 heterocycles. The van der Waals surface area contributed by atoms with Crippen molar-refractivity contribution in [1.29, 1.82) is 0 Å². The number of aromatic nitrogens is 2. The molecule has 32 heavy (non-hydrogen) atoms. The van der Waals surface area contributed by atoms with E-state index in [1.54, 1.807) is 6.33 Å². The maximum Gasteiger partial charge on any atom is 0.157 e. The van der Waals surface area contributed by atoms with Crippen molar-refractivity contribution in [3.63, 3.8) is 0 Å². The van der Waals surface area contributed by atoms with Crippen LogP contribution in [0, 0.1) is 5.82 Å². The Bertz CT molecular complexity index is 1030. The van der Waals surface area contributed by atoms with Crippen LogP contribution < -0.4 is 25.3 Å². The molecule has 0 amide bonds. The number of nitrogens with two attached hydrogens (primary N) is 1. The van der Waals surface area contributed by atoms with Crippen LogP contribution in [0.4, 0.5) is 33.1 Å². The molecule has 2 fully saturated rings. The van der Waals surface area contributed by atoms with E-state index in [4.69, 9.17) is 5.73 Å². The Kier molecular flexibility index (Phi) is 5.66. The Morgan fingerprint density at radius 2 is 1.03 bits per heavy atom. The van der Waals surface area contributed by atoms with Gasteiger partial charge < -0.3 is 25.3 Å². The number of para-hydroxylation sites is 1. The van der Waals surface area contributed by atoms with E-state index in [-0.39, 0.29) is 5.82 Å². The van der Waals surface area contributed by atoms with Crippen LogP contribution in [-0.2, 0) is 0 Å². The fourth-order valence-corrected chi connectivity index (χ4v) is 4.52. The van der Waals surface area contributed by atoms with Crippen LogP contribution in [0.5, 0.6) is 0 Å². The maximum atomic E-state index is 13.2. The summed E-state index contributed by atoms with van der Waals surface area (Å²) < 4.78 is 13.2. The standard InChI is InChI=1S/C24H28FN7/c25-19-6-8-21(9-7-19)30-12-16-32(17-13-30)24-22(26)23(27-18-28-24)31-14-10-29(11-15-31)20-4-2-1-3-5-20/h1-9,18H,10-17,26H2. The maximum absolute atomic E-state index is 13.2. The fraction of sp³-hybridized carbons (Fsp3) is 0.333. The SMILES string of the molecule is Nc1c(N2CCN(c3ccccc3)CC2)ncnc1N1CCN(c2ccc(F)cc2)CC1. The molecule has 0 atom stereocenters. The quantitative estimate of drug-likeness (QED) is 0.679. The van der Waals surface area contributed by atoms with E-state index in [1.807, 2.05) is 18.2 Å². The zero-order valence-corrected chi connectivity index (χ0v) is 18.1. The molecule has 5 rings (SSSR count). The Hall–Kier alpha value is -3.55. The summed E-state index contributed by atoms with van der Waals surface area (Å²) in [6, 6.07) is 17.2. The number of halogens is 1. The average molecular weight is 434 g/mol. The zero-order chi connectivity index (χ0) is 21.9. The highest BCUT2D eigenvalue weighted by Crippen LogP contribution is 2.31. The smallest absolute Gasteiger partial charge is 0.157 e. The normalized spacial score (nSPS) is 17.0. The summed E-state index contributed by atoms with van der Waals surface area (Å²) in [5, 5.41) is 0. The lowest BCUT2D eigenvalue weighted by Gasteiger charge is -2.39. The van der Waals surface area contributed by atoms with Crippen LogP contribution in [0.25, 0.3) is 0 Å². The summed E-state index contributed by atoms with van der Waals surface area (Å²) in [7, 11) is 0. The monoisotopic (exact) mass is 433 g/mol. The Morgan fingerprint density at radius 1 is 0.594 bits per heavy atom. The van der Waals surface area contributed by atoms with Gasteiger partial charge in [0, 0.05) is 63.7 Å². The highest BCUT2D eigenvalue weighted by molar-refractivity contribution is 5.76. The zero-order valence-electron chi connectivity index (χ0n) is 18.1. The third kappa shape index (κ3) is 4.12. The van der Waals surface area contributed by atoms with Gasteiger partial charge in [0.2, 0.25) is 0 Å². The van der Waals surface area contributed by atoms with E-state index < -0.39 is 0 Å². The molecule has 3 aromatic rings. The van der Waals surface area contributed by atoms with E-state index in [1.165, 1.54) is 17.8 Å². The number of rotatable bonds is 4. The molecule has 2 aromatic carbocycles. The van der Waals surface area contributed by atoms with Crippen molar-refractivity contribution < 1.29 is 4.39 Å². The average Bonchev–Trinajstić information content (AvgIpc) is 2.86. The minimum atomic E-state index is -0.210. The molecule has 0 radical (unpaired) electrons. The van der Waals surface area contributed by atoms with Crippen molar-refractivity contribution >= 4 is 28.7 Å². The fourth-order valence-electron chi connectivity index (χ4n) is 4.52. The Balaban J connectivity index is 1.24. The van der Waals surface area contributed by atoms with Crippen LogP contribution in [-0.4, -0.2) is 62.3 Å². The molecule has 0 unspecified atom stereocenters. The number of anilines is 5. The van der Waals surface area contributed by atoms with Gasteiger partial charge in [-0.1, -0.05) is 18.2 Å². The van der Waals surface area contributed by atoms with Gasteiger partial charge in [-0.15, -0.1) is 0 Å². The number of hydrogen-bond acceptors (Lipinski definition) is 7. The van der Waals surface area contributed by atoms with Gasteiger partial charge in [-0.3, -0.25) is 0 Å². The van der Waals surface area contributed by atoms with Gasteiger partial charge in [-0.25, -0.2) is 14.4 Å². The molecule has 2 aliphatic rings. The first-order chi connectivity index (χ1) is 15.7. The van der Waals surface area contributed by atoms with E-state index >= 15 is 0 Å². The summed E-state index contributed by atoms with van der Waals surface area (Å²) in [5.41, 5.74) is 9.52. The van der Waals surface area contributed by atoms with E-state index in [9.17, 15) is 4.39 Å². The number of piperazine rings is 2. The summed E-state index contributed by atoms with van der Waals surface area (Å²) in [6.45, 7) is 6.87. The molecule has 0 aliphatic carbocycles. The first-order valence-electron chi connectivity index (χ1n) is 11.1. The lowest BCUT2D eigenvalue weighted by Crippen LogP contribution is -2.48. The molecule has 0 spiro atoms. The molecule has 8 heteroatoms. The van der Waals surface area contributed by atoms with Gasteiger partial charge >= 0.3 is 0 Å². The summed E-state index contributed by atoms with van der Waals surface area (Å²) in [5.74, 6) is 1.42. The third-order valence-corrected chi connectivity index (χ3v) is 6.31. The first kappa shape index (κ1) is 20.4. The molecule has 1 aromatic heterocycles. The summed E-state index contributed by atoms with van der Waals surface area (Å²) in [4.78, 5) is 18.2. The van der Waals surface area contributed by atoms with Crippen molar-refractivity contribution in [2.24, 2.45) is 0 Å². The molecule has 166 valence electrons. The number of hydrogen-bond donors (Lipinski definition) is 1. The van der Waals surface area contributed by atoms with Crippen molar-refractivity contribution in [2.75, 3.05) is 77.7 Å². The van der Waals surface area contributed by atoms with Crippen LogP contribution in [0.15, 0.2) is 60.9 Å². The molecular formula is C24H28FN7. The Morgan fingerprint density at radius 3 is 1.53 bits per heavy atom. The lowest BCUT2D eigenvalue weighted by molar-refractivity contribution is 0.624. The number of nitrogen functional groups attached to an aromatic ring is 1. The minimum absolute atomic E-state index is 0.210. The van der Waals surface area contributed by atoms with Gasteiger partial charge in [-0.05, 0) is 36.4 Å². The van der Waals surface area contributed by atoms with Gasteiger partial charge in [0.15, 0.2) is 11.6 Å². The Labute approximate surface area is 187 Å². The largest absolute Gasteiger partial charge is 0.393 e. The predicted molar refractivity (Wildman–Crippen MR) is 128 cm³/mol. The van der Waals surface area contributed by atoms with Crippen molar-refractivity contribution in [3.8, 4) is 0 Å². The second-order valence-electron chi connectivity index (χ2n) is 8.19. The van der Waals surface area contributed by atoms with E-state index in [2.05, 4.69) is 53.8 Å². The predicted octanol–water partition coefficient (Wildman–Crippen LogP) is 2.85. The summed E-state index contributed by atoms with van der Waals surface area (Å²) in [6.07, 6.45) is 1.62. The topological polar surface area (TPSA) is 64.8 Å². The molecule has 2 aliphatic heterocycles. The van der Waals surface area contributed by atoms with Crippen LogP contribution in [0.3, 0.4) is 0 Å². The molecule has 7 nitrogen and oxygen atoms in total. The van der Waals surface area contributed by atoms with Gasteiger partial charge in [-0.2, -0.15) is 0 Å². The lowest BCUT2D eigenvalue weighted by atomic mass is 10.2. The van der Waals surface area contributed by atoms with Gasteiger partial charge in [0.25, 0.3) is 0 Å². The summed E-state index contributed by atoms with van der Waals surface area (Å²) >= 11 is 0. The second kappa shape index (κ2) is 8.90. The van der Waals surface area contributed by atoms with E-state index in [0.717, 1.165) is 69.7 Å². The molecule has 0 saturated carbocycles. The molecule has 2 N–H and O–H groups in total. The van der Waals surface area contributed by atoms with Crippen molar-refractivity contribution in [2.45, 2.75) is 0 Å². The van der Waals surface area contributed by atoms with Crippen LogP contribution in [0.1, 0.15) is 0 Å². The number of benzene rings is 2. The van der Waals surface area contributed by atoms with Gasteiger partial charge in [0.05, 0.1) is 0 Å². The number of nitrogens with zero attached hydrogens (tertiary/aromatic N) is 6. The van der Waals surface area contributed by atoms with E-state index in [0.29, 0.717) is 5.69 Å². The van der Waals surface area contributed by atoms with Crippen molar-refractivity contribution in [1.82, 2.24) is 9.97 Å². The first-order valence-corrected chi connectivity index (χ1v) is 11.1. The van der Waals surface area contributed by atoms with Crippen LogP contribution >= 0.6 is 0 Å². The van der Waals surface area contributed by atoms with Crippen LogP contribution in [0.2, 0.25) is 0 Å². The molecular weight excluding hydrogens is 405 g/mol. The van der Waals surface area contributed by atoms with Gasteiger partial charge in [0.1, 0.15) is 17.8 Å². The second-order valence-corrected chi connectivity index (χ2v) is 8.19. The minimum Gasteiger partial charge on any atom is -0.393 e. The van der Waals surface area contributed by atoms with Crippen molar-refractivity contribution in [3.05, 3.63) is 66.7 Å².